The van der Waals surface area contributed by atoms with Gasteiger partial charge in [0, 0.05) is 6.61 Å². The van der Waals surface area contributed by atoms with Crippen LogP contribution in [0.25, 0.3) is 0 Å². The first kappa shape index (κ1) is 8.06. The van der Waals surface area contributed by atoms with Crippen molar-refractivity contribution in [3.63, 3.8) is 0 Å². The van der Waals surface area contributed by atoms with E-state index in [-0.39, 0.29) is 5.60 Å². The second-order valence-corrected chi connectivity index (χ2v) is 3.77. The van der Waals surface area contributed by atoms with Gasteiger partial charge in [-0.1, -0.05) is 13.8 Å². The Kier molecular flexibility index (Phi) is 2.35. The highest BCUT2D eigenvalue weighted by Crippen LogP contribution is 2.30. The van der Waals surface area contributed by atoms with Gasteiger partial charge in [-0.05, 0) is 32.1 Å². The maximum atomic E-state index is 5.73. The van der Waals surface area contributed by atoms with E-state index in [1.54, 1.807) is 0 Å². The van der Waals surface area contributed by atoms with Crippen molar-refractivity contribution in [3.8, 4) is 0 Å². The summed E-state index contributed by atoms with van der Waals surface area (Å²) in [6.45, 7) is 7.68. The van der Waals surface area contributed by atoms with E-state index in [1.165, 1.54) is 19.3 Å². The van der Waals surface area contributed by atoms with E-state index in [0.29, 0.717) is 5.92 Å². The lowest BCUT2D eigenvalue weighted by molar-refractivity contribution is -0.0945. The molecule has 1 nitrogen and oxygen atoms in total. The zero-order valence-electron chi connectivity index (χ0n) is 7.31. The minimum Gasteiger partial charge on any atom is -0.375 e. The smallest absolute Gasteiger partial charge is 0.0677 e. The van der Waals surface area contributed by atoms with Crippen molar-refractivity contribution in [2.45, 2.75) is 45.6 Å². The predicted octanol–water partition coefficient (Wildman–Crippen LogP) is 2.60. The van der Waals surface area contributed by atoms with Gasteiger partial charge < -0.3 is 4.74 Å². The van der Waals surface area contributed by atoms with Crippen molar-refractivity contribution < 1.29 is 4.74 Å². The summed E-state index contributed by atoms with van der Waals surface area (Å²) in [7, 11) is 0. The van der Waals surface area contributed by atoms with Crippen LogP contribution in [-0.4, -0.2) is 12.2 Å². The fraction of sp³-hybridized carbons (Fsp3) is 1.00. The summed E-state index contributed by atoms with van der Waals surface area (Å²) in [6, 6.07) is 0. The van der Waals surface area contributed by atoms with Crippen LogP contribution in [0.4, 0.5) is 0 Å². The highest BCUT2D eigenvalue weighted by molar-refractivity contribution is 4.81. The van der Waals surface area contributed by atoms with Gasteiger partial charge in [-0.2, -0.15) is 0 Å². The van der Waals surface area contributed by atoms with Crippen LogP contribution in [0.1, 0.15) is 40.0 Å². The van der Waals surface area contributed by atoms with Crippen LogP contribution in [-0.2, 0) is 4.74 Å². The molecule has 0 aromatic rings. The fourth-order valence-electron chi connectivity index (χ4n) is 1.41. The van der Waals surface area contributed by atoms with Crippen LogP contribution in [0.2, 0.25) is 0 Å². The van der Waals surface area contributed by atoms with Crippen LogP contribution in [0.5, 0.6) is 0 Å². The fourth-order valence-corrected chi connectivity index (χ4v) is 1.41. The Morgan fingerprint density at radius 1 is 1.30 bits per heavy atom. The average molecular weight is 142 g/mol. The summed E-state index contributed by atoms with van der Waals surface area (Å²) in [6.07, 6.45) is 3.83. The third kappa shape index (κ3) is 1.51. The van der Waals surface area contributed by atoms with E-state index in [2.05, 4.69) is 20.8 Å². The van der Waals surface area contributed by atoms with Gasteiger partial charge in [0.05, 0.1) is 5.60 Å². The second kappa shape index (κ2) is 2.91. The summed E-state index contributed by atoms with van der Waals surface area (Å²) >= 11 is 0. The van der Waals surface area contributed by atoms with Crippen molar-refractivity contribution in [1.29, 1.82) is 0 Å². The van der Waals surface area contributed by atoms with Crippen LogP contribution in [0.3, 0.4) is 0 Å². The van der Waals surface area contributed by atoms with Gasteiger partial charge in [0.15, 0.2) is 0 Å². The Morgan fingerprint density at radius 2 is 2.00 bits per heavy atom. The van der Waals surface area contributed by atoms with E-state index < -0.39 is 0 Å². The van der Waals surface area contributed by atoms with Gasteiger partial charge in [-0.3, -0.25) is 0 Å². The van der Waals surface area contributed by atoms with Crippen molar-refractivity contribution >= 4 is 0 Å². The molecule has 10 heavy (non-hydrogen) atoms. The van der Waals surface area contributed by atoms with Crippen LogP contribution in [0, 0.1) is 5.92 Å². The Labute approximate surface area is 63.8 Å². The van der Waals surface area contributed by atoms with Gasteiger partial charge in [0.2, 0.25) is 0 Å². The third-order valence-corrected chi connectivity index (χ3v) is 2.72. The molecule has 1 atom stereocenters. The standard InChI is InChI=1S/C9H18O/c1-8(2)9(3)6-4-5-7-10-9/h8H,4-7H2,1-3H3. The topological polar surface area (TPSA) is 9.23 Å². The summed E-state index contributed by atoms with van der Waals surface area (Å²) in [4.78, 5) is 0. The van der Waals surface area contributed by atoms with Crippen LogP contribution in [0.15, 0.2) is 0 Å². The lowest BCUT2D eigenvalue weighted by Crippen LogP contribution is -2.37. The van der Waals surface area contributed by atoms with Gasteiger partial charge in [0.1, 0.15) is 0 Å². The quantitative estimate of drug-likeness (QED) is 0.547. The summed E-state index contributed by atoms with van der Waals surface area (Å²) in [5, 5.41) is 0. The molecule has 0 aromatic carbocycles. The van der Waals surface area contributed by atoms with E-state index in [0.717, 1.165) is 6.61 Å². The SMILES string of the molecule is CC(C)C1(C)CCCCO1. The predicted molar refractivity (Wildman–Crippen MR) is 43.0 cm³/mol. The van der Waals surface area contributed by atoms with Crippen molar-refractivity contribution in [3.05, 3.63) is 0 Å². The minimum atomic E-state index is 0.179. The molecule has 1 aliphatic heterocycles. The first-order chi connectivity index (χ1) is 4.65. The number of hydrogen-bond donors (Lipinski definition) is 0. The zero-order valence-corrected chi connectivity index (χ0v) is 7.31. The first-order valence-corrected chi connectivity index (χ1v) is 4.29. The second-order valence-electron chi connectivity index (χ2n) is 3.77. The van der Waals surface area contributed by atoms with E-state index >= 15 is 0 Å². The molecule has 60 valence electrons. The van der Waals surface area contributed by atoms with Crippen molar-refractivity contribution in [1.82, 2.24) is 0 Å². The molecule has 1 rings (SSSR count). The normalized spacial score (nSPS) is 34.8. The lowest BCUT2D eigenvalue weighted by atomic mass is 9.85. The van der Waals surface area contributed by atoms with E-state index in [4.69, 9.17) is 4.74 Å². The van der Waals surface area contributed by atoms with Gasteiger partial charge in [-0.25, -0.2) is 0 Å². The zero-order chi connectivity index (χ0) is 7.61. The van der Waals surface area contributed by atoms with Crippen molar-refractivity contribution in [2.24, 2.45) is 5.92 Å². The summed E-state index contributed by atoms with van der Waals surface area (Å²) in [5.41, 5.74) is 0.179. The number of ether oxygens (including phenoxy) is 1. The van der Waals surface area contributed by atoms with E-state index in [1.807, 2.05) is 0 Å². The molecule has 1 heteroatoms. The largest absolute Gasteiger partial charge is 0.375 e. The molecule has 1 heterocycles. The maximum Gasteiger partial charge on any atom is 0.0677 e. The molecular formula is C9H18O. The van der Waals surface area contributed by atoms with Gasteiger partial charge >= 0.3 is 0 Å². The van der Waals surface area contributed by atoms with Crippen molar-refractivity contribution in [2.75, 3.05) is 6.61 Å². The molecule has 0 saturated carbocycles. The molecule has 1 saturated heterocycles. The Hall–Kier alpha value is -0.0400. The first-order valence-electron chi connectivity index (χ1n) is 4.29. The molecular weight excluding hydrogens is 124 g/mol. The van der Waals surface area contributed by atoms with Crippen LogP contribution >= 0.6 is 0 Å². The Balaban J connectivity index is 2.48. The molecule has 1 aliphatic rings. The summed E-state index contributed by atoms with van der Waals surface area (Å²) < 4.78 is 5.73. The molecule has 0 spiro atoms. The molecule has 0 aliphatic carbocycles. The highest BCUT2D eigenvalue weighted by Gasteiger charge is 2.30. The van der Waals surface area contributed by atoms with Crippen LogP contribution < -0.4 is 0 Å². The monoisotopic (exact) mass is 142 g/mol. The molecule has 0 amide bonds. The van der Waals surface area contributed by atoms with Gasteiger partial charge in [-0.15, -0.1) is 0 Å². The molecule has 0 radical (unpaired) electrons. The molecule has 0 bridgehead atoms. The number of hydrogen-bond acceptors (Lipinski definition) is 1. The molecule has 0 N–H and O–H groups in total. The Morgan fingerprint density at radius 3 is 2.30 bits per heavy atom. The minimum absolute atomic E-state index is 0.179. The van der Waals surface area contributed by atoms with Gasteiger partial charge in [0.25, 0.3) is 0 Å². The molecule has 0 aromatic heterocycles. The Bertz CT molecular complexity index is 101. The molecule has 1 fully saturated rings. The lowest BCUT2D eigenvalue weighted by Gasteiger charge is -2.37. The summed E-state index contributed by atoms with van der Waals surface area (Å²) in [5.74, 6) is 0.660. The average Bonchev–Trinajstić information content (AvgIpc) is 1.89. The molecule has 1 unspecified atom stereocenters. The number of rotatable bonds is 1. The maximum absolute atomic E-state index is 5.73. The van der Waals surface area contributed by atoms with E-state index in [9.17, 15) is 0 Å². The highest BCUT2D eigenvalue weighted by atomic mass is 16.5. The third-order valence-electron chi connectivity index (χ3n) is 2.72.